The lowest BCUT2D eigenvalue weighted by molar-refractivity contribution is 0.208. The lowest BCUT2D eigenvalue weighted by Crippen LogP contribution is -2.50. The summed E-state index contributed by atoms with van der Waals surface area (Å²) in [5.41, 5.74) is 1.47. The Bertz CT molecular complexity index is 1410. The largest absolute Gasteiger partial charge is 0.493 e. The molecule has 2 N–H and O–H groups in total. The third-order valence-electron chi connectivity index (χ3n) is 6.76. The molecule has 1 atom stereocenters. The molecule has 1 aliphatic heterocycles. The van der Waals surface area contributed by atoms with E-state index in [1.54, 1.807) is 18.3 Å². The topological polar surface area (TPSA) is 144 Å². The number of rotatable bonds is 10. The van der Waals surface area contributed by atoms with E-state index < -0.39 is 0 Å². The summed E-state index contributed by atoms with van der Waals surface area (Å²) in [6.45, 7) is 6.85. The van der Waals surface area contributed by atoms with Crippen LogP contribution in [0.3, 0.4) is 0 Å². The number of tetrazole rings is 1. The van der Waals surface area contributed by atoms with Gasteiger partial charge in [0.1, 0.15) is 17.9 Å². The Morgan fingerprint density at radius 3 is 2.60 bits per heavy atom. The quantitative estimate of drug-likeness (QED) is 0.303. The number of benzene rings is 2. The SMILES string of the molecule is CCC(C)Oc1ccc(NC(=O)N2CCN(c3ncnc4cc(OCCc5nn[nH]n5)c(OC)cc34)CC2)cc1. The molecule has 0 spiro atoms. The summed E-state index contributed by atoms with van der Waals surface area (Å²) in [4.78, 5) is 25.9. The summed E-state index contributed by atoms with van der Waals surface area (Å²) in [6.07, 6.45) is 3.12. The number of carbonyl (C=O) groups excluding carboxylic acids is 1. The molecular formula is C27H33N9O4. The van der Waals surface area contributed by atoms with E-state index in [2.05, 4.69) is 47.7 Å². The summed E-state index contributed by atoms with van der Waals surface area (Å²) in [5, 5.41) is 17.7. The van der Waals surface area contributed by atoms with Gasteiger partial charge >= 0.3 is 6.03 Å². The Morgan fingerprint density at radius 2 is 1.90 bits per heavy atom. The smallest absolute Gasteiger partial charge is 0.321 e. The van der Waals surface area contributed by atoms with Crippen LogP contribution in [0.2, 0.25) is 0 Å². The number of H-pyrrole nitrogens is 1. The van der Waals surface area contributed by atoms with Crippen molar-refractivity contribution in [3.8, 4) is 17.2 Å². The summed E-state index contributed by atoms with van der Waals surface area (Å²) >= 11 is 0. The molecule has 13 nitrogen and oxygen atoms in total. The third kappa shape index (κ3) is 6.30. The van der Waals surface area contributed by atoms with Crippen molar-refractivity contribution in [2.75, 3.05) is 50.1 Å². The fraction of sp³-hybridized carbons (Fsp3) is 0.407. The van der Waals surface area contributed by atoms with Crippen LogP contribution in [0.1, 0.15) is 26.1 Å². The number of carbonyl (C=O) groups is 1. The Balaban J connectivity index is 1.20. The highest BCUT2D eigenvalue weighted by atomic mass is 16.5. The number of anilines is 2. The van der Waals surface area contributed by atoms with Crippen molar-refractivity contribution in [3.05, 3.63) is 48.5 Å². The Labute approximate surface area is 231 Å². The van der Waals surface area contributed by atoms with Crippen LogP contribution in [0, 0.1) is 0 Å². The van der Waals surface area contributed by atoms with Crippen molar-refractivity contribution < 1.29 is 19.0 Å². The highest BCUT2D eigenvalue weighted by molar-refractivity contribution is 5.92. The standard InChI is InChI=1S/C27H33N9O4/c1-4-18(2)40-20-7-5-19(6-8-20)30-27(37)36-12-10-35(11-13-36)26-21-15-23(38-3)24(16-22(21)28-17-29-26)39-14-9-25-31-33-34-32-25/h5-8,15-18H,4,9-14H2,1-3H3,(H,30,37)(H,31,32,33,34). The first kappa shape index (κ1) is 26.9. The van der Waals surface area contributed by atoms with Crippen LogP contribution in [-0.4, -0.2) is 87.5 Å². The molecule has 1 fully saturated rings. The van der Waals surface area contributed by atoms with E-state index in [1.807, 2.05) is 43.3 Å². The van der Waals surface area contributed by atoms with Gasteiger partial charge in [0.05, 0.1) is 25.3 Å². The minimum absolute atomic E-state index is 0.132. The second-order valence-corrected chi connectivity index (χ2v) is 9.41. The molecule has 0 radical (unpaired) electrons. The maximum Gasteiger partial charge on any atom is 0.321 e. The number of nitrogens with zero attached hydrogens (tertiary/aromatic N) is 7. The van der Waals surface area contributed by atoms with E-state index in [0.717, 1.165) is 34.6 Å². The van der Waals surface area contributed by atoms with Gasteiger partial charge in [-0.3, -0.25) is 0 Å². The second-order valence-electron chi connectivity index (χ2n) is 9.41. The Morgan fingerprint density at radius 1 is 1.10 bits per heavy atom. The van der Waals surface area contributed by atoms with Crippen LogP contribution in [0.5, 0.6) is 17.2 Å². The first-order chi connectivity index (χ1) is 19.5. The molecule has 0 bridgehead atoms. The average molecular weight is 548 g/mol. The molecule has 1 saturated heterocycles. The maximum atomic E-state index is 12.9. The zero-order valence-electron chi connectivity index (χ0n) is 22.8. The zero-order valence-corrected chi connectivity index (χ0v) is 22.8. The number of hydrogen-bond donors (Lipinski definition) is 2. The first-order valence-corrected chi connectivity index (χ1v) is 13.3. The minimum Gasteiger partial charge on any atom is -0.493 e. The van der Waals surface area contributed by atoms with Gasteiger partial charge in [-0.25, -0.2) is 14.8 Å². The highest BCUT2D eigenvalue weighted by Crippen LogP contribution is 2.35. The van der Waals surface area contributed by atoms with E-state index in [9.17, 15) is 4.79 Å². The van der Waals surface area contributed by atoms with E-state index in [1.165, 1.54) is 0 Å². The number of hydrogen-bond acceptors (Lipinski definition) is 10. The third-order valence-corrected chi connectivity index (χ3v) is 6.76. The van der Waals surface area contributed by atoms with Gasteiger partial charge in [0.2, 0.25) is 0 Å². The predicted octanol–water partition coefficient (Wildman–Crippen LogP) is 3.30. The number of urea groups is 1. The van der Waals surface area contributed by atoms with Gasteiger partial charge in [0.25, 0.3) is 0 Å². The molecule has 2 amide bonds. The van der Waals surface area contributed by atoms with Crippen molar-refractivity contribution in [2.45, 2.75) is 32.8 Å². The minimum atomic E-state index is -0.132. The average Bonchev–Trinajstić information content (AvgIpc) is 3.51. The number of amides is 2. The Kier molecular flexibility index (Phi) is 8.38. The molecule has 0 saturated carbocycles. The summed E-state index contributed by atoms with van der Waals surface area (Å²) in [6, 6.07) is 11.1. The highest BCUT2D eigenvalue weighted by Gasteiger charge is 2.24. The van der Waals surface area contributed by atoms with Crippen molar-refractivity contribution in [2.24, 2.45) is 0 Å². The van der Waals surface area contributed by atoms with Crippen LogP contribution in [-0.2, 0) is 6.42 Å². The van der Waals surface area contributed by atoms with Crippen LogP contribution in [0.4, 0.5) is 16.3 Å². The molecule has 0 aliphatic carbocycles. The fourth-order valence-electron chi connectivity index (χ4n) is 4.37. The monoisotopic (exact) mass is 547 g/mol. The number of methoxy groups -OCH3 is 1. The number of nitrogens with one attached hydrogen (secondary N) is 2. The van der Waals surface area contributed by atoms with Crippen molar-refractivity contribution in [1.82, 2.24) is 35.5 Å². The molecule has 3 heterocycles. The summed E-state index contributed by atoms with van der Waals surface area (Å²) in [5.74, 6) is 3.30. The summed E-state index contributed by atoms with van der Waals surface area (Å²) < 4.78 is 17.4. The maximum absolute atomic E-state index is 12.9. The first-order valence-electron chi connectivity index (χ1n) is 13.3. The van der Waals surface area contributed by atoms with E-state index in [4.69, 9.17) is 14.2 Å². The zero-order chi connectivity index (χ0) is 27.9. The van der Waals surface area contributed by atoms with E-state index in [0.29, 0.717) is 56.5 Å². The van der Waals surface area contributed by atoms with Crippen LogP contribution >= 0.6 is 0 Å². The molecule has 13 heteroatoms. The molecule has 2 aromatic heterocycles. The van der Waals surface area contributed by atoms with Gasteiger partial charge in [0, 0.05) is 49.7 Å². The van der Waals surface area contributed by atoms with Gasteiger partial charge in [0.15, 0.2) is 17.3 Å². The number of piperazine rings is 1. The molecule has 2 aromatic carbocycles. The van der Waals surface area contributed by atoms with Gasteiger partial charge < -0.3 is 29.3 Å². The van der Waals surface area contributed by atoms with Crippen LogP contribution in [0.25, 0.3) is 10.9 Å². The lowest BCUT2D eigenvalue weighted by atomic mass is 10.2. The van der Waals surface area contributed by atoms with Crippen molar-refractivity contribution in [3.63, 3.8) is 0 Å². The number of ether oxygens (including phenoxy) is 3. The second kappa shape index (κ2) is 12.5. The molecule has 210 valence electrons. The van der Waals surface area contributed by atoms with Gasteiger partial charge in [-0.1, -0.05) is 12.1 Å². The molecule has 5 rings (SSSR count). The molecule has 4 aromatic rings. The molecule has 1 unspecified atom stereocenters. The Hall–Kier alpha value is -4.68. The van der Waals surface area contributed by atoms with Crippen molar-refractivity contribution in [1.29, 1.82) is 0 Å². The molecule has 40 heavy (non-hydrogen) atoms. The van der Waals surface area contributed by atoms with Crippen LogP contribution < -0.4 is 24.4 Å². The fourth-order valence-corrected chi connectivity index (χ4v) is 4.37. The normalized spacial score (nSPS) is 14.2. The van der Waals surface area contributed by atoms with Gasteiger partial charge in [-0.15, -0.1) is 10.2 Å². The number of aromatic nitrogens is 6. The molecular weight excluding hydrogens is 514 g/mol. The number of aromatic amines is 1. The van der Waals surface area contributed by atoms with E-state index in [-0.39, 0.29) is 12.1 Å². The predicted molar refractivity (Wildman–Crippen MR) is 149 cm³/mol. The van der Waals surface area contributed by atoms with Crippen molar-refractivity contribution >= 4 is 28.4 Å². The van der Waals surface area contributed by atoms with Gasteiger partial charge in [-0.2, -0.15) is 5.21 Å². The van der Waals surface area contributed by atoms with Crippen LogP contribution in [0.15, 0.2) is 42.7 Å². The summed E-state index contributed by atoms with van der Waals surface area (Å²) in [7, 11) is 1.60. The molecule has 1 aliphatic rings. The lowest BCUT2D eigenvalue weighted by Gasteiger charge is -2.35. The number of fused-ring (bicyclic) bond motifs is 1. The van der Waals surface area contributed by atoms with Gasteiger partial charge in [-0.05, 0) is 43.7 Å². The van der Waals surface area contributed by atoms with E-state index >= 15 is 0 Å².